The fraction of sp³-hybridized carbons (Fsp3) is 0.333. The lowest BCUT2D eigenvalue weighted by Crippen LogP contribution is -2.33. The van der Waals surface area contributed by atoms with Crippen LogP contribution in [0.5, 0.6) is 0 Å². The average Bonchev–Trinajstić information content (AvgIpc) is 2.27. The molecule has 0 radical (unpaired) electrons. The van der Waals surface area contributed by atoms with E-state index in [1.54, 1.807) is 20.8 Å². The van der Waals surface area contributed by atoms with Gasteiger partial charge in [0, 0.05) is 0 Å². The van der Waals surface area contributed by atoms with E-state index >= 15 is 0 Å². The summed E-state index contributed by atoms with van der Waals surface area (Å²) in [6.07, 6.45) is 0. The van der Waals surface area contributed by atoms with Gasteiger partial charge in [0.25, 0.3) is 5.91 Å². The zero-order valence-corrected chi connectivity index (χ0v) is 11.0. The first kappa shape index (κ1) is 14.4. The molecule has 0 spiro atoms. The fourth-order valence-corrected chi connectivity index (χ4v) is 1.19. The minimum absolute atomic E-state index is 0.0987. The van der Waals surface area contributed by atoms with E-state index in [1.807, 2.05) is 5.48 Å². The normalized spacial score (nSPS) is 10.9. The molecule has 0 saturated carbocycles. The van der Waals surface area contributed by atoms with E-state index in [9.17, 15) is 14.0 Å². The van der Waals surface area contributed by atoms with Crippen molar-refractivity contribution in [1.29, 1.82) is 0 Å². The Kier molecular flexibility index (Phi) is 4.29. The third kappa shape index (κ3) is 3.43. The summed E-state index contributed by atoms with van der Waals surface area (Å²) in [6.45, 7) is 4.91. The molecule has 98 valence electrons. The van der Waals surface area contributed by atoms with Gasteiger partial charge in [0.15, 0.2) is 0 Å². The van der Waals surface area contributed by atoms with Crippen LogP contribution in [-0.4, -0.2) is 11.9 Å². The largest absolute Gasteiger partial charge is 0.340 e. The number of hydrogen-bond donors (Lipinski definition) is 1. The summed E-state index contributed by atoms with van der Waals surface area (Å²) in [5, 5.41) is -0.318. The molecule has 0 bridgehead atoms. The number of nitrogens with one attached hydrogen (secondary N) is 1. The number of halogens is 2. The third-order valence-corrected chi connectivity index (χ3v) is 2.43. The van der Waals surface area contributed by atoms with Crippen LogP contribution in [0.4, 0.5) is 4.39 Å². The van der Waals surface area contributed by atoms with Gasteiger partial charge < -0.3 is 4.84 Å². The van der Waals surface area contributed by atoms with Crippen molar-refractivity contribution in [2.24, 2.45) is 5.41 Å². The van der Waals surface area contributed by atoms with E-state index in [0.29, 0.717) is 0 Å². The van der Waals surface area contributed by atoms with Gasteiger partial charge in [-0.15, -0.1) is 0 Å². The number of amides is 1. The lowest BCUT2D eigenvalue weighted by Gasteiger charge is -2.16. The van der Waals surface area contributed by atoms with Crippen LogP contribution in [0.2, 0.25) is 5.02 Å². The third-order valence-electron chi connectivity index (χ3n) is 2.05. The van der Waals surface area contributed by atoms with E-state index in [-0.39, 0.29) is 10.6 Å². The Hall–Kier alpha value is -1.62. The van der Waals surface area contributed by atoms with Crippen LogP contribution in [-0.2, 0) is 9.63 Å². The minimum Gasteiger partial charge on any atom is -0.340 e. The zero-order chi connectivity index (χ0) is 13.9. The highest BCUT2D eigenvalue weighted by Gasteiger charge is 2.25. The van der Waals surface area contributed by atoms with Crippen molar-refractivity contribution in [1.82, 2.24) is 5.48 Å². The Morgan fingerprint density at radius 1 is 1.33 bits per heavy atom. The first-order valence-electron chi connectivity index (χ1n) is 5.19. The van der Waals surface area contributed by atoms with Crippen molar-refractivity contribution in [3.8, 4) is 0 Å². The molecule has 0 aromatic heterocycles. The molecular formula is C12H13ClFNO3. The number of hydrogen-bond acceptors (Lipinski definition) is 3. The molecule has 0 atom stereocenters. The van der Waals surface area contributed by atoms with Gasteiger partial charge in [-0.05, 0) is 32.9 Å². The van der Waals surface area contributed by atoms with Gasteiger partial charge in [0.05, 0.1) is 16.0 Å². The highest BCUT2D eigenvalue weighted by molar-refractivity contribution is 6.33. The van der Waals surface area contributed by atoms with Crippen LogP contribution in [0.25, 0.3) is 0 Å². The fourth-order valence-electron chi connectivity index (χ4n) is 0.980. The van der Waals surface area contributed by atoms with Gasteiger partial charge in [0.2, 0.25) is 0 Å². The Labute approximate surface area is 109 Å². The Morgan fingerprint density at radius 2 is 1.94 bits per heavy atom. The highest BCUT2D eigenvalue weighted by atomic mass is 35.5. The minimum atomic E-state index is -0.780. The Balaban J connectivity index is 2.73. The topological polar surface area (TPSA) is 55.4 Å². The van der Waals surface area contributed by atoms with E-state index < -0.39 is 23.1 Å². The van der Waals surface area contributed by atoms with Crippen molar-refractivity contribution in [3.05, 3.63) is 34.6 Å². The summed E-state index contributed by atoms with van der Waals surface area (Å²) < 4.78 is 13.1. The Morgan fingerprint density at radius 3 is 2.50 bits per heavy atom. The lowest BCUT2D eigenvalue weighted by molar-refractivity contribution is -0.158. The van der Waals surface area contributed by atoms with Gasteiger partial charge in [-0.2, -0.15) is 5.48 Å². The van der Waals surface area contributed by atoms with Crippen LogP contribution in [0, 0.1) is 11.2 Å². The first-order valence-corrected chi connectivity index (χ1v) is 5.57. The molecule has 18 heavy (non-hydrogen) atoms. The standard InChI is InChI=1S/C12H13ClFNO3/c1-12(2,3)11(17)18-15-10(16)7-5-4-6-8(14)9(7)13/h4-6H,1-3H3,(H,15,16). The molecule has 1 N–H and O–H groups in total. The molecule has 0 fully saturated rings. The molecule has 1 rings (SSSR count). The van der Waals surface area contributed by atoms with Gasteiger partial charge in [-0.3, -0.25) is 4.79 Å². The summed E-state index contributed by atoms with van der Waals surface area (Å²) in [7, 11) is 0. The second-order valence-corrected chi connectivity index (χ2v) is 5.05. The summed E-state index contributed by atoms with van der Waals surface area (Å²) in [5.41, 5.74) is 1.08. The highest BCUT2D eigenvalue weighted by Crippen LogP contribution is 2.19. The molecule has 0 aliphatic rings. The van der Waals surface area contributed by atoms with E-state index in [2.05, 4.69) is 4.84 Å². The number of benzene rings is 1. The zero-order valence-electron chi connectivity index (χ0n) is 10.2. The first-order chi connectivity index (χ1) is 8.23. The molecule has 1 aromatic carbocycles. The second-order valence-electron chi connectivity index (χ2n) is 4.67. The number of carbonyl (C=O) groups is 2. The Bertz CT molecular complexity index is 483. The van der Waals surface area contributed by atoms with Gasteiger partial charge in [0.1, 0.15) is 5.82 Å². The SMILES string of the molecule is CC(C)(C)C(=O)ONC(=O)c1cccc(F)c1Cl. The lowest BCUT2D eigenvalue weighted by atomic mass is 9.98. The van der Waals surface area contributed by atoms with Crippen LogP contribution in [0.1, 0.15) is 31.1 Å². The summed E-state index contributed by atoms with van der Waals surface area (Å²) >= 11 is 5.62. The summed E-state index contributed by atoms with van der Waals surface area (Å²) in [4.78, 5) is 27.6. The predicted octanol–water partition coefficient (Wildman–Crippen LogP) is 2.71. The van der Waals surface area contributed by atoms with Crippen molar-refractivity contribution >= 4 is 23.5 Å². The van der Waals surface area contributed by atoms with Crippen molar-refractivity contribution in [3.63, 3.8) is 0 Å². The van der Waals surface area contributed by atoms with Crippen LogP contribution in [0.15, 0.2) is 18.2 Å². The summed E-state index contributed by atoms with van der Waals surface area (Å²) in [5.74, 6) is -2.10. The van der Waals surface area contributed by atoms with Crippen molar-refractivity contribution < 1.29 is 18.8 Å². The molecule has 0 unspecified atom stereocenters. The second kappa shape index (κ2) is 5.35. The average molecular weight is 274 g/mol. The molecule has 1 amide bonds. The smallest absolute Gasteiger partial charge is 0.337 e. The molecule has 0 saturated heterocycles. The van der Waals surface area contributed by atoms with Gasteiger partial charge in [-0.25, -0.2) is 9.18 Å². The van der Waals surface area contributed by atoms with Crippen molar-refractivity contribution in [2.45, 2.75) is 20.8 Å². The van der Waals surface area contributed by atoms with Crippen LogP contribution in [0.3, 0.4) is 0 Å². The van der Waals surface area contributed by atoms with Gasteiger partial charge in [-0.1, -0.05) is 17.7 Å². The van der Waals surface area contributed by atoms with Crippen molar-refractivity contribution in [2.75, 3.05) is 0 Å². The molecule has 4 nitrogen and oxygen atoms in total. The maximum Gasteiger partial charge on any atom is 0.337 e. The van der Waals surface area contributed by atoms with E-state index in [4.69, 9.17) is 11.6 Å². The number of rotatable bonds is 1. The molecule has 0 aliphatic carbocycles. The van der Waals surface area contributed by atoms with E-state index in [0.717, 1.165) is 6.07 Å². The molecule has 6 heteroatoms. The van der Waals surface area contributed by atoms with Gasteiger partial charge >= 0.3 is 5.97 Å². The van der Waals surface area contributed by atoms with Crippen LogP contribution < -0.4 is 5.48 Å². The molecule has 0 aliphatic heterocycles. The van der Waals surface area contributed by atoms with Crippen LogP contribution >= 0.6 is 11.6 Å². The maximum absolute atomic E-state index is 13.1. The summed E-state index contributed by atoms with van der Waals surface area (Å²) in [6, 6.07) is 3.79. The maximum atomic E-state index is 13.1. The quantitative estimate of drug-likeness (QED) is 0.801. The molecular weight excluding hydrogens is 261 g/mol. The predicted molar refractivity (Wildman–Crippen MR) is 64.4 cm³/mol. The van der Waals surface area contributed by atoms with E-state index in [1.165, 1.54) is 12.1 Å². The molecule has 1 aromatic rings. The monoisotopic (exact) mass is 273 g/mol. The number of carbonyl (C=O) groups excluding carboxylic acids is 2. The molecule has 0 heterocycles. The number of hydroxylamine groups is 1.